The van der Waals surface area contributed by atoms with Crippen LogP contribution < -0.4 is 10.6 Å². The van der Waals surface area contributed by atoms with Gasteiger partial charge in [-0.15, -0.1) is 0 Å². The van der Waals surface area contributed by atoms with Crippen LogP contribution in [-0.2, 0) is 6.42 Å². The highest BCUT2D eigenvalue weighted by atomic mass is 79.9. The molecule has 0 bridgehead atoms. The first-order valence-corrected chi connectivity index (χ1v) is 7.98. The van der Waals surface area contributed by atoms with E-state index in [-0.39, 0.29) is 6.04 Å². The Morgan fingerprint density at radius 1 is 1.41 bits per heavy atom. The van der Waals surface area contributed by atoms with Gasteiger partial charge in [0.25, 0.3) is 0 Å². The van der Waals surface area contributed by atoms with E-state index in [2.05, 4.69) is 39.0 Å². The van der Waals surface area contributed by atoms with E-state index in [0.717, 1.165) is 19.5 Å². The van der Waals surface area contributed by atoms with Crippen LogP contribution >= 0.6 is 27.7 Å². The van der Waals surface area contributed by atoms with Gasteiger partial charge in [-0.05, 0) is 47.0 Å². The van der Waals surface area contributed by atoms with Crippen molar-refractivity contribution < 1.29 is 0 Å². The molecule has 1 fully saturated rings. The first-order chi connectivity index (χ1) is 8.16. The number of hydrogen-bond acceptors (Lipinski definition) is 3. The zero-order chi connectivity index (χ0) is 12.3. The lowest BCUT2D eigenvalue weighted by Gasteiger charge is -2.29. The van der Waals surface area contributed by atoms with E-state index in [1.54, 1.807) is 0 Å². The minimum Gasteiger partial charge on any atom is -0.369 e. The quantitative estimate of drug-likeness (QED) is 0.930. The molecule has 1 aromatic rings. The molecule has 1 aliphatic heterocycles. The maximum atomic E-state index is 5.83. The van der Waals surface area contributed by atoms with Crippen LogP contribution in [0.5, 0.6) is 0 Å². The molecule has 0 aromatic heterocycles. The van der Waals surface area contributed by atoms with Gasteiger partial charge in [0.15, 0.2) is 0 Å². The van der Waals surface area contributed by atoms with Gasteiger partial charge in [0.05, 0.1) is 5.69 Å². The lowest BCUT2D eigenvalue weighted by Crippen LogP contribution is -2.32. The standard InChI is InChI=1S/C13H19BrN2S/c1-10(15)8-11-2-3-13(12(14)9-11)16-4-6-17-7-5-16/h2-3,9-10H,4-8,15H2,1H3. The number of hydrogen-bond donors (Lipinski definition) is 1. The molecular formula is C13H19BrN2S. The average molecular weight is 315 g/mol. The summed E-state index contributed by atoms with van der Waals surface area (Å²) in [6.07, 6.45) is 0.939. The van der Waals surface area contributed by atoms with Crippen LogP contribution in [0.2, 0.25) is 0 Å². The number of anilines is 1. The first-order valence-electron chi connectivity index (χ1n) is 6.03. The SMILES string of the molecule is CC(N)Cc1ccc(N2CCSCC2)c(Br)c1. The zero-order valence-electron chi connectivity index (χ0n) is 10.2. The van der Waals surface area contributed by atoms with Crippen molar-refractivity contribution in [3.63, 3.8) is 0 Å². The van der Waals surface area contributed by atoms with Gasteiger partial charge in [0.2, 0.25) is 0 Å². The predicted octanol–water partition coefficient (Wildman–Crippen LogP) is 2.89. The van der Waals surface area contributed by atoms with Crippen molar-refractivity contribution in [3.05, 3.63) is 28.2 Å². The maximum Gasteiger partial charge on any atom is 0.0511 e. The van der Waals surface area contributed by atoms with Crippen LogP contribution in [0.1, 0.15) is 12.5 Å². The van der Waals surface area contributed by atoms with Crippen LogP contribution in [0, 0.1) is 0 Å². The van der Waals surface area contributed by atoms with Gasteiger partial charge in [0.1, 0.15) is 0 Å². The fraction of sp³-hybridized carbons (Fsp3) is 0.538. The van der Waals surface area contributed by atoms with Crippen molar-refractivity contribution in [2.24, 2.45) is 5.73 Å². The molecule has 0 amide bonds. The van der Waals surface area contributed by atoms with E-state index in [0.29, 0.717) is 0 Å². The van der Waals surface area contributed by atoms with E-state index in [9.17, 15) is 0 Å². The fourth-order valence-corrected chi connectivity index (χ4v) is 3.69. The fourth-order valence-electron chi connectivity index (χ4n) is 2.11. The number of thioether (sulfide) groups is 1. The van der Waals surface area contributed by atoms with Gasteiger partial charge in [-0.1, -0.05) is 6.07 Å². The molecule has 94 valence electrons. The second kappa shape index (κ2) is 6.12. The molecule has 1 atom stereocenters. The summed E-state index contributed by atoms with van der Waals surface area (Å²) in [5.41, 5.74) is 8.45. The van der Waals surface area contributed by atoms with Crippen molar-refractivity contribution >= 4 is 33.4 Å². The third kappa shape index (κ3) is 3.63. The largest absolute Gasteiger partial charge is 0.369 e. The molecule has 2 nitrogen and oxygen atoms in total. The van der Waals surface area contributed by atoms with Crippen LogP contribution in [0.25, 0.3) is 0 Å². The van der Waals surface area contributed by atoms with E-state index in [1.807, 2.05) is 18.7 Å². The van der Waals surface area contributed by atoms with E-state index < -0.39 is 0 Å². The van der Waals surface area contributed by atoms with E-state index in [1.165, 1.54) is 27.2 Å². The molecule has 0 radical (unpaired) electrons. The Bertz CT molecular complexity index is 376. The highest BCUT2D eigenvalue weighted by Gasteiger charge is 2.14. The average Bonchev–Trinajstić information content (AvgIpc) is 2.29. The number of rotatable bonds is 3. The summed E-state index contributed by atoms with van der Waals surface area (Å²) in [7, 11) is 0. The molecule has 2 rings (SSSR count). The summed E-state index contributed by atoms with van der Waals surface area (Å²) in [6, 6.07) is 6.85. The van der Waals surface area contributed by atoms with Gasteiger partial charge >= 0.3 is 0 Å². The van der Waals surface area contributed by atoms with E-state index in [4.69, 9.17) is 5.73 Å². The topological polar surface area (TPSA) is 29.3 Å². The molecule has 0 saturated carbocycles. The predicted molar refractivity (Wildman–Crippen MR) is 81.0 cm³/mol. The smallest absolute Gasteiger partial charge is 0.0511 e. The highest BCUT2D eigenvalue weighted by molar-refractivity contribution is 9.10. The Hall–Kier alpha value is -0.190. The summed E-state index contributed by atoms with van der Waals surface area (Å²) in [6.45, 7) is 4.34. The van der Waals surface area contributed by atoms with Gasteiger partial charge in [-0.25, -0.2) is 0 Å². The molecule has 2 N–H and O–H groups in total. The Morgan fingerprint density at radius 3 is 2.71 bits per heavy atom. The van der Waals surface area contributed by atoms with Gasteiger partial charge in [0, 0.05) is 35.1 Å². The molecule has 4 heteroatoms. The Kier molecular flexibility index (Phi) is 4.77. The molecule has 1 aromatic carbocycles. The number of benzene rings is 1. The van der Waals surface area contributed by atoms with Crippen LogP contribution in [0.4, 0.5) is 5.69 Å². The minimum atomic E-state index is 0.221. The van der Waals surface area contributed by atoms with E-state index >= 15 is 0 Å². The molecule has 1 heterocycles. The summed E-state index contributed by atoms with van der Waals surface area (Å²) in [5.74, 6) is 2.46. The number of halogens is 1. The Labute approximate surface area is 116 Å². The lowest BCUT2D eigenvalue weighted by atomic mass is 10.1. The highest BCUT2D eigenvalue weighted by Crippen LogP contribution is 2.29. The molecule has 1 unspecified atom stereocenters. The van der Waals surface area contributed by atoms with Gasteiger partial charge in [-0.3, -0.25) is 0 Å². The van der Waals surface area contributed by atoms with Gasteiger partial charge in [-0.2, -0.15) is 11.8 Å². The minimum absolute atomic E-state index is 0.221. The summed E-state index contributed by atoms with van der Waals surface area (Å²) >= 11 is 5.72. The monoisotopic (exact) mass is 314 g/mol. The molecule has 0 spiro atoms. The Balaban J connectivity index is 2.13. The second-order valence-electron chi connectivity index (χ2n) is 4.57. The van der Waals surface area contributed by atoms with Crippen LogP contribution in [0.3, 0.4) is 0 Å². The Morgan fingerprint density at radius 2 is 2.12 bits per heavy atom. The second-order valence-corrected chi connectivity index (χ2v) is 6.65. The summed E-state index contributed by atoms with van der Waals surface area (Å²) in [5, 5.41) is 0. The zero-order valence-corrected chi connectivity index (χ0v) is 12.6. The summed E-state index contributed by atoms with van der Waals surface area (Å²) < 4.78 is 1.20. The maximum absolute atomic E-state index is 5.83. The molecule has 0 aliphatic carbocycles. The van der Waals surface area contributed by atoms with Crippen LogP contribution in [0.15, 0.2) is 22.7 Å². The van der Waals surface area contributed by atoms with Crippen molar-refractivity contribution in [1.82, 2.24) is 0 Å². The summed E-state index contributed by atoms with van der Waals surface area (Å²) in [4.78, 5) is 2.45. The molecule has 1 saturated heterocycles. The third-order valence-electron chi connectivity index (χ3n) is 2.92. The third-order valence-corrected chi connectivity index (χ3v) is 4.50. The van der Waals surface area contributed by atoms with Gasteiger partial charge < -0.3 is 10.6 Å². The van der Waals surface area contributed by atoms with Crippen molar-refractivity contribution in [2.45, 2.75) is 19.4 Å². The first kappa shape index (κ1) is 13.2. The van der Waals surface area contributed by atoms with Crippen molar-refractivity contribution in [2.75, 3.05) is 29.5 Å². The number of nitrogens with two attached hydrogens (primary N) is 1. The number of nitrogens with zero attached hydrogens (tertiary/aromatic N) is 1. The molecule has 17 heavy (non-hydrogen) atoms. The molecular weight excluding hydrogens is 296 g/mol. The molecule has 1 aliphatic rings. The lowest BCUT2D eigenvalue weighted by molar-refractivity contribution is 0.737. The van der Waals surface area contributed by atoms with Crippen molar-refractivity contribution in [3.8, 4) is 0 Å². The van der Waals surface area contributed by atoms with Crippen LogP contribution in [-0.4, -0.2) is 30.6 Å². The normalized spacial score (nSPS) is 18.2. The van der Waals surface area contributed by atoms with Crippen molar-refractivity contribution in [1.29, 1.82) is 0 Å².